The number of nitriles is 1. The van der Waals surface area contributed by atoms with Crippen LogP contribution in [0, 0.1) is 11.3 Å². The van der Waals surface area contributed by atoms with E-state index in [1.165, 1.54) is 0 Å². The minimum atomic E-state index is 0.442. The maximum Gasteiger partial charge on any atom is 0.0997 e. The molecule has 0 bridgehead atoms. The molecule has 0 aliphatic carbocycles. The summed E-state index contributed by atoms with van der Waals surface area (Å²) in [5, 5.41) is 10.1. The lowest BCUT2D eigenvalue weighted by molar-refractivity contribution is 1.52. The first-order chi connectivity index (χ1) is 9.70. The second kappa shape index (κ2) is 6.96. The van der Waals surface area contributed by atoms with Gasteiger partial charge < -0.3 is 0 Å². The summed E-state index contributed by atoms with van der Waals surface area (Å²) >= 11 is 11.8. The molecule has 98 valence electrons. The van der Waals surface area contributed by atoms with Crippen molar-refractivity contribution in [2.24, 2.45) is 0 Å². The molecule has 2 aromatic rings. The van der Waals surface area contributed by atoms with Crippen LogP contribution in [0.25, 0.3) is 11.6 Å². The van der Waals surface area contributed by atoms with Gasteiger partial charge in [0.2, 0.25) is 0 Å². The smallest absolute Gasteiger partial charge is 0.0997 e. The van der Waals surface area contributed by atoms with Crippen LogP contribution in [0.4, 0.5) is 0 Å². The summed E-state index contributed by atoms with van der Waals surface area (Å²) in [6.07, 6.45) is 5.54. The van der Waals surface area contributed by atoms with Gasteiger partial charge in [0.25, 0.3) is 0 Å². The van der Waals surface area contributed by atoms with Gasteiger partial charge in [-0.05, 0) is 29.3 Å². The molecule has 2 aromatic carbocycles. The fraction of sp³-hybridized carbons (Fsp3) is 0. The van der Waals surface area contributed by atoms with E-state index >= 15 is 0 Å². The molecule has 20 heavy (non-hydrogen) atoms. The number of hydrogen-bond acceptors (Lipinski definition) is 1. The van der Waals surface area contributed by atoms with Gasteiger partial charge in [-0.3, -0.25) is 0 Å². The highest BCUT2D eigenvalue weighted by Crippen LogP contribution is 2.26. The predicted molar refractivity (Wildman–Crippen MR) is 85.5 cm³/mol. The molecule has 0 saturated heterocycles. The molecule has 0 saturated carbocycles. The molecule has 0 N–H and O–H groups in total. The Hall–Kier alpha value is -2.01. The van der Waals surface area contributed by atoms with Gasteiger partial charge in [-0.25, -0.2) is 0 Å². The van der Waals surface area contributed by atoms with Crippen molar-refractivity contribution < 1.29 is 0 Å². The van der Waals surface area contributed by atoms with Crippen molar-refractivity contribution in [3.05, 3.63) is 81.9 Å². The van der Waals surface area contributed by atoms with Gasteiger partial charge in [-0.15, -0.1) is 0 Å². The minimum absolute atomic E-state index is 0.442. The van der Waals surface area contributed by atoms with Crippen LogP contribution in [0.15, 0.2) is 60.7 Å². The van der Waals surface area contributed by atoms with Crippen LogP contribution in [0.2, 0.25) is 10.0 Å². The van der Waals surface area contributed by atoms with Crippen LogP contribution in [-0.4, -0.2) is 0 Å². The van der Waals surface area contributed by atoms with Gasteiger partial charge >= 0.3 is 0 Å². The molecule has 0 atom stereocenters. The number of benzene rings is 2. The first-order valence-electron chi connectivity index (χ1n) is 5.99. The molecule has 0 amide bonds. The topological polar surface area (TPSA) is 23.8 Å². The highest BCUT2D eigenvalue weighted by Gasteiger charge is 2.03. The molecule has 0 radical (unpaired) electrons. The molecule has 1 nitrogen and oxygen atoms in total. The third-order valence-corrected chi connectivity index (χ3v) is 3.44. The molecule has 0 aromatic heterocycles. The van der Waals surface area contributed by atoms with E-state index in [2.05, 4.69) is 6.07 Å². The second-order valence-electron chi connectivity index (χ2n) is 4.09. The lowest BCUT2D eigenvalue weighted by Gasteiger charge is -2.00. The van der Waals surface area contributed by atoms with Gasteiger partial charge in [0.15, 0.2) is 0 Å². The van der Waals surface area contributed by atoms with Crippen molar-refractivity contribution in [2.75, 3.05) is 0 Å². The van der Waals surface area contributed by atoms with E-state index in [4.69, 9.17) is 23.2 Å². The summed E-state index contributed by atoms with van der Waals surface area (Å²) in [6, 6.07) is 17.2. The van der Waals surface area contributed by atoms with Gasteiger partial charge in [-0.1, -0.05) is 71.8 Å². The molecular weight excluding hydrogens is 289 g/mol. The molecule has 2 rings (SSSR count). The highest BCUT2D eigenvalue weighted by molar-refractivity contribution is 6.42. The minimum Gasteiger partial charge on any atom is -0.192 e. The number of halogens is 2. The van der Waals surface area contributed by atoms with Crippen molar-refractivity contribution in [1.82, 2.24) is 0 Å². The van der Waals surface area contributed by atoms with Crippen LogP contribution >= 0.6 is 23.2 Å². The van der Waals surface area contributed by atoms with Gasteiger partial charge in [0, 0.05) is 0 Å². The van der Waals surface area contributed by atoms with Crippen molar-refractivity contribution >= 4 is 34.9 Å². The third-order valence-electron chi connectivity index (χ3n) is 2.70. The van der Waals surface area contributed by atoms with Crippen LogP contribution in [0.5, 0.6) is 0 Å². The first-order valence-corrected chi connectivity index (χ1v) is 6.75. The van der Waals surface area contributed by atoms with Crippen LogP contribution in [-0.2, 0) is 0 Å². The molecular formula is C17H11Cl2N. The first kappa shape index (κ1) is 14.4. The quantitative estimate of drug-likeness (QED) is 0.533. The lowest BCUT2D eigenvalue weighted by atomic mass is 10.1. The summed E-state index contributed by atoms with van der Waals surface area (Å²) in [7, 11) is 0. The van der Waals surface area contributed by atoms with Crippen molar-refractivity contribution in [3.8, 4) is 6.07 Å². The molecule has 0 fully saturated rings. The van der Waals surface area contributed by atoms with E-state index in [0.29, 0.717) is 15.6 Å². The van der Waals surface area contributed by atoms with Crippen molar-refractivity contribution in [1.29, 1.82) is 5.26 Å². The molecule has 0 unspecified atom stereocenters. The third kappa shape index (κ3) is 3.74. The van der Waals surface area contributed by atoms with E-state index in [-0.39, 0.29) is 0 Å². The summed E-state index contributed by atoms with van der Waals surface area (Å²) in [5.74, 6) is 0. The number of rotatable bonds is 3. The van der Waals surface area contributed by atoms with Crippen LogP contribution < -0.4 is 0 Å². The van der Waals surface area contributed by atoms with Crippen LogP contribution in [0.1, 0.15) is 11.1 Å². The Morgan fingerprint density at radius 2 is 1.75 bits per heavy atom. The summed E-state index contributed by atoms with van der Waals surface area (Å²) in [6.45, 7) is 0. The Morgan fingerprint density at radius 1 is 1.00 bits per heavy atom. The Balaban J connectivity index is 2.24. The van der Waals surface area contributed by atoms with Crippen molar-refractivity contribution in [3.63, 3.8) is 0 Å². The maximum atomic E-state index is 9.21. The normalized spacial score (nSPS) is 11.6. The van der Waals surface area contributed by atoms with Crippen LogP contribution in [0.3, 0.4) is 0 Å². The average Bonchev–Trinajstić information content (AvgIpc) is 2.48. The molecule has 0 spiro atoms. The Morgan fingerprint density at radius 3 is 2.40 bits per heavy atom. The Bertz CT molecular complexity index is 695. The lowest BCUT2D eigenvalue weighted by Crippen LogP contribution is -1.81. The summed E-state index contributed by atoms with van der Waals surface area (Å²) in [4.78, 5) is 0. The monoisotopic (exact) mass is 299 g/mol. The van der Waals surface area contributed by atoms with Gasteiger partial charge in [-0.2, -0.15) is 5.26 Å². The zero-order chi connectivity index (χ0) is 14.4. The van der Waals surface area contributed by atoms with E-state index in [1.807, 2.05) is 42.5 Å². The van der Waals surface area contributed by atoms with E-state index < -0.39 is 0 Å². The predicted octanol–water partition coefficient (Wildman–Crippen LogP) is 5.61. The molecule has 0 aliphatic rings. The zero-order valence-electron chi connectivity index (χ0n) is 10.6. The number of nitrogens with zero attached hydrogens (tertiary/aromatic N) is 1. The average molecular weight is 300 g/mol. The van der Waals surface area contributed by atoms with E-state index in [0.717, 1.165) is 11.1 Å². The van der Waals surface area contributed by atoms with E-state index in [9.17, 15) is 5.26 Å². The fourth-order valence-corrected chi connectivity index (χ4v) is 1.98. The second-order valence-corrected chi connectivity index (χ2v) is 4.91. The molecule has 0 aliphatic heterocycles. The number of hydrogen-bond donors (Lipinski definition) is 0. The largest absolute Gasteiger partial charge is 0.192 e. The van der Waals surface area contributed by atoms with Gasteiger partial charge in [0.1, 0.15) is 0 Å². The van der Waals surface area contributed by atoms with Gasteiger partial charge in [0.05, 0.1) is 21.7 Å². The van der Waals surface area contributed by atoms with E-state index in [1.54, 1.807) is 24.3 Å². The summed E-state index contributed by atoms with van der Waals surface area (Å²) < 4.78 is 0. The Labute approximate surface area is 128 Å². The standard InChI is InChI=1S/C17H11Cl2N/c18-16-10-9-14(11-17(16)19)15(12-20)8-4-7-13-5-2-1-3-6-13/h1-11H/b7-4+,15-8+. The highest BCUT2D eigenvalue weighted by atomic mass is 35.5. The molecule has 3 heteroatoms. The SMILES string of the molecule is N#C/C(=C\C=C\c1ccccc1)c1ccc(Cl)c(Cl)c1. The maximum absolute atomic E-state index is 9.21. The van der Waals surface area contributed by atoms with Crippen molar-refractivity contribution in [2.45, 2.75) is 0 Å². The fourth-order valence-electron chi connectivity index (χ4n) is 1.68. The number of allylic oxidation sites excluding steroid dienone is 3. The Kier molecular flexibility index (Phi) is 5.01. The zero-order valence-corrected chi connectivity index (χ0v) is 12.1. The summed E-state index contributed by atoms with van der Waals surface area (Å²) in [5.41, 5.74) is 2.37. The molecule has 0 heterocycles.